The van der Waals surface area contributed by atoms with Crippen molar-refractivity contribution in [1.29, 1.82) is 0 Å². The molecule has 0 bridgehead atoms. The first-order valence-corrected chi connectivity index (χ1v) is 4.81. The standard InChI is InChI=1S/C11H13N2O/c12-7-8-3-1-2-4-10(8)11(14)13-9-5-6-9/h2-4,9H,5-7,12H2,(H,13,14). The monoisotopic (exact) mass is 189 g/mol. The van der Waals surface area contributed by atoms with Gasteiger partial charge in [0.15, 0.2) is 0 Å². The molecule has 1 aliphatic rings. The fourth-order valence-electron chi connectivity index (χ4n) is 1.35. The van der Waals surface area contributed by atoms with E-state index in [2.05, 4.69) is 11.4 Å². The third-order valence-corrected chi connectivity index (χ3v) is 2.33. The molecule has 3 N–H and O–H groups in total. The molecule has 1 radical (unpaired) electrons. The molecule has 1 amide bonds. The molecule has 0 unspecified atom stereocenters. The highest BCUT2D eigenvalue weighted by Crippen LogP contribution is 2.19. The van der Waals surface area contributed by atoms with E-state index in [9.17, 15) is 4.79 Å². The summed E-state index contributed by atoms with van der Waals surface area (Å²) in [6.07, 6.45) is 2.20. The molecule has 1 fully saturated rings. The number of carbonyl (C=O) groups is 1. The number of hydrogen-bond donors (Lipinski definition) is 2. The van der Waals surface area contributed by atoms with Crippen molar-refractivity contribution in [3.05, 3.63) is 35.4 Å². The van der Waals surface area contributed by atoms with Gasteiger partial charge in [-0.1, -0.05) is 6.07 Å². The fourth-order valence-corrected chi connectivity index (χ4v) is 1.35. The van der Waals surface area contributed by atoms with Gasteiger partial charge < -0.3 is 11.1 Å². The zero-order valence-corrected chi connectivity index (χ0v) is 7.92. The van der Waals surface area contributed by atoms with Gasteiger partial charge in [-0.3, -0.25) is 4.79 Å². The second-order valence-corrected chi connectivity index (χ2v) is 3.54. The van der Waals surface area contributed by atoms with E-state index in [1.807, 2.05) is 0 Å². The number of carbonyl (C=O) groups excluding carboxylic acids is 1. The maximum atomic E-state index is 11.7. The number of benzene rings is 1. The summed E-state index contributed by atoms with van der Waals surface area (Å²) in [5.74, 6) is -0.0121. The molecule has 0 aliphatic heterocycles. The van der Waals surface area contributed by atoms with Gasteiger partial charge in [0.1, 0.15) is 0 Å². The Morgan fingerprint density at radius 1 is 1.64 bits per heavy atom. The van der Waals surface area contributed by atoms with Gasteiger partial charge in [0, 0.05) is 18.2 Å². The van der Waals surface area contributed by atoms with E-state index < -0.39 is 0 Å². The van der Waals surface area contributed by atoms with Crippen LogP contribution in [0.25, 0.3) is 0 Å². The van der Waals surface area contributed by atoms with Crippen LogP contribution in [0.15, 0.2) is 18.2 Å². The predicted octanol–water partition coefficient (Wildman–Crippen LogP) is 0.838. The van der Waals surface area contributed by atoms with Gasteiger partial charge in [-0.15, -0.1) is 0 Å². The van der Waals surface area contributed by atoms with E-state index in [0.717, 1.165) is 18.4 Å². The van der Waals surface area contributed by atoms with Gasteiger partial charge in [-0.2, -0.15) is 0 Å². The Morgan fingerprint density at radius 3 is 3.07 bits per heavy atom. The predicted molar refractivity (Wildman–Crippen MR) is 53.7 cm³/mol. The summed E-state index contributed by atoms with van der Waals surface area (Å²) >= 11 is 0. The molecule has 1 aromatic carbocycles. The van der Waals surface area contributed by atoms with Crippen LogP contribution in [0.2, 0.25) is 0 Å². The summed E-state index contributed by atoms with van der Waals surface area (Å²) in [6.45, 7) is 0.380. The summed E-state index contributed by atoms with van der Waals surface area (Å²) in [4.78, 5) is 11.7. The SMILES string of the molecule is NCc1c[c]ccc1C(=O)NC1CC1. The molecule has 0 atom stereocenters. The number of hydrogen-bond acceptors (Lipinski definition) is 2. The first-order valence-electron chi connectivity index (χ1n) is 4.81. The summed E-state index contributed by atoms with van der Waals surface area (Å²) in [7, 11) is 0. The Balaban J connectivity index is 2.16. The minimum atomic E-state index is -0.0121. The molecule has 73 valence electrons. The fraction of sp³-hybridized carbons (Fsp3) is 0.364. The molecule has 1 aromatic rings. The molecule has 3 heteroatoms. The Bertz CT molecular complexity index is 345. The quantitative estimate of drug-likeness (QED) is 0.740. The van der Waals surface area contributed by atoms with Gasteiger partial charge in [0.05, 0.1) is 0 Å². The number of nitrogens with two attached hydrogens (primary N) is 1. The van der Waals surface area contributed by atoms with Crippen LogP contribution >= 0.6 is 0 Å². The van der Waals surface area contributed by atoms with E-state index in [0.29, 0.717) is 18.2 Å². The van der Waals surface area contributed by atoms with Crippen LogP contribution in [0.3, 0.4) is 0 Å². The van der Waals surface area contributed by atoms with Crippen molar-refractivity contribution in [3.63, 3.8) is 0 Å². The second-order valence-electron chi connectivity index (χ2n) is 3.54. The topological polar surface area (TPSA) is 55.1 Å². The average Bonchev–Trinajstić information content (AvgIpc) is 3.01. The van der Waals surface area contributed by atoms with Crippen molar-refractivity contribution in [1.82, 2.24) is 5.32 Å². The van der Waals surface area contributed by atoms with Crippen molar-refractivity contribution in [2.75, 3.05) is 0 Å². The summed E-state index contributed by atoms with van der Waals surface area (Å²) in [6, 6.07) is 8.57. The molecule has 0 heterocycles. The lowest BCUT2D eigenvalue weighted by Crippen LogP contribution is -2.26. The maximum Gasteiger partial charge on any atom is 0.251 e. The molecular weight excluding hydrogens is 176 g/mol. The molecule has 14 heavy (non-hydrogen) atoms. The Labute approximate surface area is 83.3 Å². The zero-order valence-electron chi connectivity index (χ0n) is 7.92. The zero-order chi connectivity index (χ0) is 9.97. The van der Waals surface area contributed by atoms with Gasteiger partial charge in [0.25, 0.3) is 5.91 Å². The number of amides is 1. The third kappa shape index (κ3) is 1.93. The van der Waals surface area contributed by atoms with Crippen molar-refractivity contribution in [3.8, 4) is 0 Å². The van der Waals surface area contributed by atoms with E-state index in [-0.39, 0.29) is 5.91 Å². The largest absolute Gasteiger partial charge is 0.349 e. The minimum Gasteiger partial charge on any atom is -0.349 e. The molecule has 2 rings (SSSR count). The second kappa shape index (κ2) is 3.80. The highest BCUT2D eigenvalue weighted by atomic mass is 16.1. The molecule has 0 spiro atoms. The van der Waals surface area contributed by atoms with Crippen LogP contribution in [0, 0.1) is 6.07 Å². The minimum absolute atomic E-state index is 0.0121. The lowest BCUT2D eigenvalue weighted by atomic mass is 10.1. The van der Waals surface area contributed by atoms with Crippen molar-refractivity contribution in [2.24, 2.45) is 5.73 Å². The van der Waals surface area contributed by atoms with Crippen LogP contribution < -0.4 is 11.1 Å². The summed E-state index contributed by atoms with van der Waals surface area (Å²) in [5, 5.41) is 2.94. The van der Waals surface area contributed by atoms with Crippen LogP contribution in [-0.2, 0) is 6.54 Å². The van der Waals surface area contributed by atoms with Gasteiger partial charge in [-0.05, 0) is 36.6 Å². The van der Waals surface area contributed by atoms with Gasteiger partial charge >= 0.3 is 0 Å². The molecule has 1 aliphatic carbocycles. The lowest BCUT2D eigenvalue weighted by Gasteiger charge is -2.07. The third-order valence-electron chi connectivity index (χ3n) is 2.33. The van der Waals surface area contributed by atoms with E-state index in [1.165, 1.54) is 0 Å². The Morgan fingerprint density at radius 2 is 2.43 bits per heavy atom. The number of nitrogens with one attached hydrogen (secondary N) is 1. The van der Waals surface area contributed by atoms with Gasteiger partial charge in [0.2, 0.25) is 0 Å². The summed E-state index contributed by atoms with van der Waals surface area (Å²) < 4.78 is 0. The van der Waals surface area contributed by atoms with Crippen LogP contribution in [0.4, 0.5) is 0 Å². The van der Waals surface area contributed by atoms with Crippen molar-refractivity contribution in [2.45, 2.75) is 25.4 Å². The normalized spacial score (nSPS) is 15.2. The van der Waals surface area contributed by atoms with Crippen LogP contribution in [0.1, 0.15) is 28.8 Å². The molecule has 3 nitrogen and oxygen atoms in total. The smallest absolute Gasteiger partial charge is 0.251 e. The molecule has 1 saturated carbocycles. The van der Waals surface area contributed by atoms with Crippen LogP contribution in [-0.4, -0.2) is 11.9 Å². The molecule has 0 aromatic heterocycles. The first kappa shape index (κ1) is 9.21. The first-order chi connectivity index (χ1) is 6.81. The van der Waals surface area contributed by atoms with Crippen molar-refractivity contribution < 1.29 is 4.79 Å². The Kier molecular flexibility index (Phi) is 2.50. The highest BCUT2D eigenvalue weighted by molar-refractivity contribution is 5.96. The summed E-state index contributed by atoms with van der Waals surface area (Å²) in [5.41, 5.74) is 7.07. The molecule has 0 saturated heterocycles. The number of rotatable bonds is 3. The van der Waals surface area contributed by atoms with Crippen molar-refractivity contribution >= 4 is 5.91 Å². The van der Waals surface area contributed by atoms with Crippen LogP contribution in [0.5, 0.6) is 0 Å². The van der Waals surface area contributed by atoms with Gasteiger partial charge in [-0.25, -0.2) is 0 Å². The van der Waals surface area contributed by atoms with E-state index in [1.54, 1.807) is 18.2 Å². The maximum absolute atomic E-state index is 11.7. The highest BCUT2D eigenvalue weighted by Gasteiger charge is 2.24. The molecular formula is C11H13N2O. The van der Waals surface area contributed by atoms with E-state index in [4.69, 9.17) is 5.73 Å². The lowest BCUT2D eigenvalue weighted by molar-refractivity contribution is 0.0950. The Hall–Kier alpha value is -1.35. The van der Waals surface area contributed by atoms with E-state index >= 15 is 0 Å². The average molecular weight is 189 g/mol.